The van der Waals surface area contributed by atoms with E-state index in [-0.39, 0.29) is 24.4 Å². The first-order valence-corrected chi connectivity index (χ1v) is 8.02. The number of benzene rings is 1. The van der Waals surface area contributed by atoms with Gasteiger partial charge < -0.3 is 10.2 Å². The van der Waals surface area contributed by atoms with Gasteiger partial charge in [0.05, 0.1) is 11.4 Å². The Kier molecular flexibility index (Phi) is 4.05. The van der Waals surface area contributed by atoms with Crippen LogP contribution in [-0.2, 0) is 9.59 Å². The zero-order valence-electron chi connectivity index (χ0n) is 13.3. The van der Waals surface area contributed by atoms with E-state index in [2.05, 4.69) is 5.32 Å². The summed E-state index contributed by atoms with van der Waals surface area (Å²) >= 11 is 0. The van der Waals surface area contributed by atoms with Crippen LogP contribution in [-0.4, -0.2) is 42.4 Å². The van der Waals surface area contributed by atoms with E-state index in [0.717, 1.165) is 42.9 Å². The lowest BCUT2D eigenvalue weighted by atomic mass is 10.1. The summed E-state index contributed by atoms with van der Waals surface area (Å²) < 4.78 is 0. The monoisotopic (exact) mass is 301 g/mol. The number of aryl methyl sites for hydroxylation is 1. The molecule has 2 aliphatic heterocycles. The lowest BCUT2D eigenvalue weighted by Crippen LogP contribution is -2.51. The van der Waals surface area contributed by atoms with Gasteiger partial charge in [0.1, 0.15) is 12.6 Å². The molecular weight excluding hydrogens is 278 g/mol. The maximum atomic E-state index is 12.5. The first kappa shape index (κ1) is 14.9. The van der Waals surface area contributed by atoms with Gasteiger partial charge in [0.2, 0.25) is 11.8 Å². The number of nitrogens with one attached hydrogen (secondary N) is 1. The maximum absolute atomic E-state index is 12.5. The highest BCUT2D eigenvalue weighted by atomic mass is 16.2. The van der Waals surface area contributed by atoms with Crippen LogP contribution in [0.1, 0.15) is 31.7 Å². The molecule has 0 radical (unpaired) electrons. The standard InChI is InChI=1S/C17H23N3O2/c1-12-6-7-15-14(10-12)18-13(2)17(22)20(15)11-16(21)19-8-4-3-5-9-19/h6-7,10,13,18H,3-5,8-9,11H2,1-2H3. The number of carbonyl (C=O) groups excluding carboxylic acids is 2. The summed E-state index contributed by atoms with van der Waals surface area (Å²) in [5.74, 6) is 0.00962. The second-order valence-corrected chi connectivity index (χ2v) is 6.25. The van der Waals surface area contributed by atoms with Crippen LogP contribution in [0.25, 0.3) is 0 Å². The molecular formula is C17H23N3O2. The highest BCUT2D eigenvalue weighted by Crippen LogP contribution is 2.32. The SMILES string of the molecule is Cc1ccc2c(c1)NC(C)C(=O)N2CC(=O)N1CCCCC1. The molecule has 1 atom stereocenters. The second-order valence-electron chi connectivity index (χ2n) is 6.25. The Morgan fingerprint density at radius 1 is 1.27 bits per heavy atom. The minimum Gasteiger partial charge on any atom is -0.372 e. The Balaban J connectivity index is 1.82. The summed E-state index contributed by atoms with van der Waals surface area (Å²) in [7, 11) is 0. The van der Waals surface area contributed by atoms with Crippen LogP contribution >= 0.6 is 0 Å². The Bertz CT molecular complexity index is 594. The fourth-order valence-corrected chi connectivity index (χ4v) is 3.19. The predicted octanol–water partition coefficient (Wildman–Crippen LogP) is 2.15. The van der Waals surface area contributed by atoms with E-state index in [0.29, 0.717) is 0 Å². The van der Waals surface area contributed by atoms with Crippen LogP contribution < -0.4 is 10.2 Å². The Morgan fingerprint density at radius 2 is 2.00 bits per heavy atom. The molecule has 1 aromatic carbocycles. The van der Waals surface area contributed by atoms with E-state index in [4.69, 9.17) is 0 Å². The van der Waals surface area contributed by atoms with Crippen molar-refractivity contribution in [2.45, 2.75) is 39.2 Å². The fourth-order valence-electron chi connectivity index (χ4n) is 3.19. The molecule has 0 bridgehead atoms. The Hall–Kier alpha value is -2.04. The molecule has 22 heavy (non-hydrogen) atoms. The van der Waals surface area contributed by atoms with Crippen LogP contribution in [0.2, 0.25) is 0 Å². The summed E-state index contributed by atoms with van der Waals surface area (Å²) in [5.41, 5.74) is 2.87. The predicted molar refractivity (Wildman–Crippen MR) is 87.0 cm³/mol. The van der Waals surface area contributed by atoms with Crippen molar-refractivity contribution < 1.29 is 9.59 Å². The molecule has 3 rings (SSSR count). The van der Waals surface area contributed by atoms with Crippen molar-refractivity contribution in [3.8, 4) is 0 Å². The van der Waals surface area contributed by atoms with Gasteiger partial charge in [0, 0.05) is 13.1 Å². The topological polar surface area (TPSA) is 52.7 Å². The molecule has 0 aromatic heterocycles. The fraction of sp³-hybridized carbons (Fsp3) is 0.529. The second kappa shape index (κ2) is 5.99. The van der Waals surface area contributed by atoms with E-state index in [9.17, 15) is 9.59 Å². The number of carbonyl (C=O) groups is 2. The van der Waals surface area contributed by atoms with Crippen LogP contribution in [0.5, 0.6) is 0 Å². The third-order valence-electron chi connectivity index (χ3n) is 4.45. The van der Waals surface area contributed by atoms with Gasteiger partial charge in [0.15, 0.2) is 0 Å². The zero-order chi connectivity index (χ0) is 15.7. The number of likely N-dealkylation sites (tertiary alicyclic amines) is 1. The number of hydrogen-bond acceptors (Lipinski definition) is 3. The van der Waals surface area contributed by atoms with E-state index in [1.807, 2.05) is 36.9 Å². The van der Waals surface area contributed by atoms with Crippen molar-refractivity contribution in [3.05, 3.63) is 23.8 Å². The van der Waals surface area contributed by atoms with Gasteiger partial charge in [-0.15, -0.1) is 0 Å². The third kappa shape index (κ3) is 2.80. The van der Waals surface area contributed by atoms with Crippen molar-refractivity contribution in [3.63, 3.8) is 0 Å². The first-order valence-electron chi connectivity index (χ1n) is 8.02. The van der Waals surface area contributed by atoms with Crippen molar-refractivity contribution in [1.82, 2.24) is 4.90 Å². The number of hydrogen-bond donors (Lipinski definition) is 1. The number of fused-ring (bicyclic) bond motifs is 1. The van der Waals surface area contributed by atoms with E-state index >= 15 is 0 Å². The van der Waals surface area contributed by atoms with Gasteiger partial charge in [-0.2, -0.15) is 0 Å². The van der Waals surface area contributed by atoms with Crippen LogP contribution in [0.3, 0.4) is 0 Å². The minimum atomic E-state index is -0.302. The summed E-state index contributed by atoms with van der Waals surface area (Å²) in [6, 6.07) is 5.62. The average Bonchev–Trinajstić information content (AvgIpc) is 2.52. The molecule has 118 valence electrons. The molecule has 0 aliphatic carbocycles. The zero-order valence-corrected chi connectivity index (χ0v) is 13.3. The molecule has 1 unspecified atom stereocenters. The van der Waals surface area contributed by atoms with Crippen molar-refractivity contribution in [2.24, 2.45) is 0 Å². The number of amides is 2. The molecule has 1 fully saturated rings. The molecule has 2 heterocycles. The smallest absolute Gasteiger partial charge is 0.249 e. The van der Waals surface area contributed by atoms with Crippen LogP contribution in [0.15, 0.2) is 18.2 Å². The molecule has 5 heteroatoms. The number of nitrogens with zero attached hydrogens (tertiary/aromatic N) is 2. The quantitative estimate of drug-likeness (QED) is 0.910. The van der Waals surface area contributed by atoms with Gasteiger partial charge in [-0.3, -0.25) is 14.5 Å². The average molecular weight is 301 g/mol. The first-order chi connectivity index (χ1) is 10.6. The van der Waals surface area contributed by atoms with Gasteiger partial charge >= 0.3 is 0 Å². The Labute approximate surface area is 131 Å². The molecule has 2 amide bonds. The molecule has 1 N–H and O–H groups in total. The highest BCUT2D eigenvalue weighted by molar-refractivity contribution is 6.07. The van der Waals surface area contributed by atoms with Gasteiger partial charge in [-0.05, 0) is 50.8 Å². The molecule has 5 nitrogen and oxygen atoms in total. The highest BCUT2D eigenvalue weighted by Gasteiger charge is 2.32. The largest absolute Gasteiger partial charge is 0.372 e. The van der Waals surface area contributed by atoms with Gasteiger partial charge in [-0.1, -0.05) is 6.07 Å². The number of anilines is 2. The normalized spacial score (nSPS) is 21.4. The van der Waals surface area contributed by atoms with Gasteiger partial charge in [-0.25, -0.2) is 0 Å². The summed E-state index contributed by atoms with van der Waals surface area (Å²) in [5, 5.41) is 3.22. The van der Waals surface area contributed by atoms with Crippen LogP contribution in [0.4, 0.5) is 11.4 Å². The van der Waals surface area contributed by atoms with Crippen molar-refractivity contribution in [2.75, 3.05) is 29.9 Å². The lowest BCUT2D eigenvalue weighted by molar-refractivity contribution is -0.132. The van der Waals surface area contributed by atoms with E-state index in [1.54, 1.807) is 4.90 Å². The van der Waals surface area contributed by atoms with Gasteiger partial charge in [0.25, 0.3) is 0 Å². The molecule has 0 spiro atoms. The molecule has 1 saturated heterocycles. The lowest BCUT2D eigenvalue weighted by Gasteiger charge is -2.35. The summed E-state index contributed by atoms with van der Waals surface area (Å²) in [4.78, 5) is 28.5. The van der Waals surface area contributed by atoms with Crippen molar-refractivity contribution >= 4 is 23.2 Å². The Morgan fingerprint density at radius 3 is 2.73 bits per heavy atom. The van der Waals surface area contributed by atoms with Crippen molar-refractivity contribution in [1.29, 1.82) is 0 Å². The van der Waals surface area contributed by atoms with E-state index in [1.165, 1.54) is 6.42 Å². The van der Waals surface area contributed by atoms with Crippen LogP contribution in [0, 0.1) is 6.92 Å². The molecule has 0 saturated carbocycles. The molecule has 1 aromatic rings. The minimum absolute atomic E-state index is 0.0401. The summed E-state index contributed by atoms with van der Waals surface area (Å²) in [6.07, 6.45) is 3.32. The summed E-state index contributed by atoms with van der Waals surface area (Å²) in [6.45, 7) is 5.63. The molecule has 2 aliphatic rings. The number of piperidine rings is 1. The third-order valence-corrected chi connectivity index (χ3v) is 4.45. The van der Waals surface area contributed by atoms with E-state index < -0.39 is 0 Å². The maximum Gasteiger partial charge on any atom is 0.249 e. The number of rotatable bonds is 2.